The smallest absolute Gasteiger partial charge is 0.215 e. The van der Waals surface area contributed by atoms with Gasteiger partial charge in [-0.15, -0.1) is 0 Å². The highest BCUT2D eigenvalue weighted by molar-refractivity contribution is 5.04. The Bertz CT molecular complexity index is 1010. The summed E-state index contributed by atoms with van der Waals surface area (Å²) in [5, 5.41) is 75.9. The molecule has 0 radical (unpaired) electrons. The van der Waals surface area contributed by atoms with Crippen molar-refractivity contribution < 1.29 is 64.2 Å². The maximum absolute atomic E-state index is 11.6. The summed E-state index contributed by atoms with van der Waals surface area (Å²) in [5.41, 5.74) is 30.2. The molecule has 280 valence electrons. The predicted octanol–water partition coefficient (Wildman–Crippen LogP) is -6.70. The molecule has 0 aromatic rings. The summed E-state index contributed by atoms with van der Waals surface area (Å²) in [4.78, 5) is 0. The molecule has 0 bridgehead atoms. The Morgan fingerprint density at radius 2 is 1.52 bits per heavy atom. The molecule has 48 heavy (non-hydrogen) atoms. The maximum Gasteiger partial charge on any atom is 0.215 e. The Balaban J connectivity index is 1.52. The van der Waals surface area contributed by atoms with Crippen molar-refractivity contribution in [3.05, 3.63) is 11.8 Å². The highest BCUT2D eigenvalue weighted by Crippen LogP contribution is 2.37. The highest BCUT2D eigenvalue weighted by atomic mass is 16.8. The molecule has 4 rings (SSSR count). The van der Waals surface area contributed by atoms with E-state index in [1.165, 1.54) is 0 Å². The predicted molar refractivity (Wildman–Crippen MR) is 166 cm³/mol. The lowest BCUT2D eigenvalue weighted by atomic mass is 9.77. The third-order valence-electron chi connectivity index (χ3n) is 9.43. The Morgan fingerprint density at radius 3 is 2.19 bits per heavy atom. The van der Waals surface area contributed by atoms with Gasteiger partial charge in [-0.2, -0.15) is 0 Å². The molecule has 1 saturated carbocycles. The van der Waals surface area contributed by atoms with Crippen LogP contribution >= 0.6 is 0 Å². The van der Waals surface area contributed by atoms with Crippen LogP contribution in [0.2, 0.25) is 0 Å². The topological polar surface area (TPSA) is 339 Å². The van der Waals surface area contributed by atoms with Crippen molar-refractivity contribution in [2.45, 2.75) is 124 Å². The van der Waals surface area contributed by atoms with Crippen LogP contribution in [0.4, 0.5) is 0 Å². The van der Waals surface area contributed by atoms with Crippen LogP contribution in [-0.2, 0) is 28.4 Å². The van der Waals surface area contributed by atoms with E-state index in [1.54, 1.807) is 0 Å². The van der Waals surface area contributed by atoms with Gasteiger partial charge in [0.05, 0.1) is 44.1 Å². The summed E-state index contributed by atoms with van der Waals surface area (Å²) in [6.07, 6.45) is -12.7. The molecule has 1 aliphatic carbocycles. The second kappa shape index (κ2) is 18.4. The maximum atomic E-state index is 11.6. The molecular formula is C29H56N6O13. The molecule has 19 heteroatoms. The lowest BCUT2D eigenvalue weighted by Gasteiger charge is -2.46. The Morgan fingerprint density at radius 1 is 0.833 bits per heavy atom. The van der Waals surface area contributed by atoms with Crippen molar-refractivity contribution >= 4 is 0 Å². The first-order valence-electron chi connectivity index (χ1n) is 16.6. The molecular weight excluding hydrogens is 640 g/mol. The molecule has 4 aliphatic rings. The number of aliphatic hydroxyl groups excluding tert-OH is 7. The van der Waals surface area contributed by atoms with Gasteiger partial charge in [-0.05, 0) is 37.7 Å². The normalized spacial score (nSPS) is 44.3. The molecule has 19 nitrogen and oxygen atoms in total. The average Bonchev–Trinajstić information content (AvgIpc) is 3.37. The molecule has 0 spiro atoms. The molecule has 17 atom stereocenters. The van der Waals surface area contributed by atoms with Crippen molar-refractivity contribution in [3.8, 4) is 0 Å². The quantitative estimate of drug-likeness (QED) is 0.0667. The third kappa shape index (κ3) is 9.37. The van der Waals surface area contributed by atoms with E-state index in [9.17, 15) is 30.6 Å². The van der Waals surface area contributed by atoms with E-state index in [1.807, 2.05) is 6.08 Å². The van der Waals surface area contributed by atoms with E-state index in [0.29, 0.717) is 38.1 Å². The van der Waals surface area contributed by atoms with Gasteiger partial charge >= 0.3 is 0 Å². The second-order valence-corrected chi connectivity index (χ2v) is 12.9. The highest BCUT2D eigenvalue weighted by Gasteiger charge is 2.53. The SMILES string of the molecule is NCC(O)CC[C@@H]1C[C@H](N)[C@@H](O[C@H]2OC(CNCCO)=CC[C@H]2N)[C@H](O[C@@H]2O[C@H](CO)[C@@H](O[C@H]3O[C@@H](CN)[C@@H](O)[C@H](O)[C@H]3N)[C@H]2O)[C@H]1O. The van der Waals surface area contributed by atoms with E-state index in [0.717, 1.165) is 0 Å². The van der Waals surface area contributed by atoms with Crippen LogP contribution in [0.3, 0.4) is 0 Å². The number of ether oxygens (including phenoxy) is 6. The number of nitrogens with two attached hydrogens (primary N) is 5. The Hall–Kier alpha value is -1.18. The Kier molecular flexibility index (Phi) is 15.1. The minimum Gasteiger partial charge on any atom is -0.467 e. The first-order valence-corrected chi connectivity index (χ1v) is 16.6. The van der Waals surface area contributed by atoms with E-state index in [-0.39, 0.29) is 26.1 Å². The molecule has 1 unspecified atom stereocenters. The largest absolute Gasteiger partial charge is 0.467 e. The number of rotatable bonds is 16. The van der Waals surface area contributed by atoms with Gasteiger partial charge in [0, 0.05) is 25.7 Å². The van der Waals surface area contributed by atoms with Crippen molar-refractivity contribution in [2.24, 2.45) is 34.6 Å². The average molecular weight is 697 g/mol. The van der Waals surface area contributed by atoms with Crippen LogP contribution in [0.15, 0.2) is 11.8 Å². The monoisotopic (exact) mass is 696 g/mol. The number of aliphatic hydroxyl groups is 7. The lowest BCUT2D eigenvalue weighted by molar-refractivity contribution is -0.283. The fourth-order valence-electron chi connectivity index (χ4n) is 6.54. The van der Waals surface area contributed by atoms with Crippen molar-refractivity contribution in [1.82, 2.24) is 5.32 Å². The summed E-state index contributed by atoms with van der Waals surface area (Å²) in [7, 11) is 0. The zero-order valence-corrected chi connectivity index (χ0v) is 26.9. The summed E-state index contributed by atoms with van der Waals surface area (Å²) in [6.45, 7) is -0.109. The molecule has 18 N–H and O–H groups in total. The van der Waals surface area contributed by atoms with Crippen LogP contribution in [0.1, 0.15) is 25.7 Å². The molecule has 3 heterocycles. The van der Waals surface area contributed by atoms with Crippen LogP contribution < -0.4 is 34.0 Å². The summed E-state index contributed by atoms with van der Waals surface area (Å²) in [6, 6.07) is -2.54. The molecule has 0 aromatic heterocycles. The van der Waals surface area contributed by atoms with E-state index < -0.39 is 111 Å². The van der Waals surface area contributed by atoms with Crippen molar-refractivity contribution in [1.29, 1.82) is 0 Å². The number of hydrogen-bond donors (Lipinski definition) is 13. The number of nitrogens with one attached hydrogen (secondary N) is 1. The van der Waals surface area contributed by atoms with Crippen molar-refractivity contribution in [3.63, 3.8) is 0 Å². The Labute approximate surface area is 279 Å². The lowest BCUT2D eigenvalue weighted by Crippen LogP contribution is -2.64. The van der Waals surface area contributed by atoms with E-state index in [2.05, 4.69) is 5.32 Å². The van der Waals surface area contributed by atoms with Gasteiger partial charge in [0.1, 0.15) is 54.6 Å². The van der Waals surface area contributed by atoms with Gasteiger partial charge < -0.3 is 98.2 Å². The van der Waals surface area contributed by atoms with Crippen LogP contribution in [0, 0.1) is 5.92 Å². The standard InChI is InChI=1S/C29H56N6O13/c30-8-13(38)2-1-12-7-16(33)24(46-27-15(32)4-3-14(43-27)10-35-5-6-36)26(20(12)39)48-29-23(42)25(18(11-37)45-29)47-28-19(34)22(41)21(40)17(9-31)44-28/h3,12-13,15-29,35-42H,1-2,4-11,30-34H2/t12-,13?,15-,16+,17+,18-,19-,20+,21-,22-,23-,24-,25-,26-,27-,28-,29+/m1/s1. The molecule has 0 amide bonds. The van der Waals surface area contributed by atoms with Gasteiger partial charge in [0.25, 0.3) is 0 Å². The second-order valence-electron chi connectivity index (χ2n) is 12.9. The van der Waals surface area contributed by atoms with E-state index >= 15 is 0 Å². The van der Waals surface area contributed by atoms with E-state index in [4.69, 9.17) is 62.2 Å². The molecule has 3 aliphatic heterocycles. The van der Waals surface area contributed by atoms with Gasteiger partial charge in [-0.3, -0.25) is 0 Å². The number of hydrogen-bond acceptors (Lipinski definition) is 19. The van der Waals surface area contributed by atoms with Gasteiger partial charge in [-0.1, -0.05) is 0 Å². The summed E-state index contributed by atoms with van der Waals surface area (Å²) < 4.78 is 35.9. The van der Waals surface area contributed by atoms with Gasteiger partial charge in [-0.25, -0.2) is 0 Å². The van der Waals surface area contributed by atoms with Crippen LogP contribution in [0.5, 0.6) is 0 Å². The minimum atomic E-state index is -1.57. The zero-order valence-electron chi connectivity index (χ0n) is 26.9. The first kappa shape index (κ1) is 39.6. The first-order chi connectivity index (χ1) is 22.9. The summed E-state index contributed by atoms with van der Waals surface area (Å²) in [5.74, 6) is 0.0864. The molecule has 2 saturated heterocycles. The van der Waals surface area contributed by atoms with Crippen LogP contribution in [0.25, 0.3) is 0 Å². The molecule has 3 fully saturated rings. The third-order valence-corrected chi connectivity index (χ3v) is 9.43. The zero-order chi connectivity index (χ0) is 35.1. The van der Waals surface area contributed by atoms with Crippen molar-refractivity contribution in [2.75, 3.05) is 39.4 Å². The van der Waals surface area contributed by atoms with Gasteiger partial charge in [0.15, 0.2) is 12.6 Å². The summed E-state index contributed by atoms with van der Waals surface area (Å²) >= 11 is 0. The molecule has 0 aromatic carbocycles. The fourth-order valence-corrected chi connectivity index (χ4v) is 6.54. The fraction of sp³-hybridized carbons (Fsp3) is 0.931. The van der Waals surface area contributed by atoms with Gasteiger partial charge in [0.2, 0.25) is 6.29 Å². The minimum absolute atomic E-state index is 0.0445. The van der Waals surface area contributed by atoms with Crippen LogP contribution in [-0.4, -0.2) is 173 Å².